The zero-order chi connectivity index (χ0) is 17.5. The van der Waals surface area contributed by atoms with Gasteiger partial charge >= 0.3 is 0 Å². The van der Waals surface area contributed by atoms with Crippen LogP contribution in [0.5, 0.6) is 0 Å². The average molecular weight is 362 g/mol. The molecular weight excluding hydrogens is 330 g/mol. The van der Waals surface area contributed by atoms with Crippen LogP contribution in [0.25, 0.3) is 0 Å². The van der Waals surface area contributed by atoms with Crippen LogP contribution in [0.2, 0.25) is 0 Å². The molecule has 1 heterocycles. The maximum absolute atomic E-state index is 5.61. The number of hydrogen-bond donors (Lipinski definition) is 1. The van der Waals surface area contributed by atoms with Gasteiger partial charge in [-0.3, -0.25) is 0 Å². The van der Waals surface area contributed by atoms with Gasteiger partial charge in [-0.05, 0) is 38.1 Å². The van der Waals surface area contributed by atoms with Crippen molar-refractivity contribution in [1.29, 1.82) is 0 Å². The SMILES string of the molecule is CCCN(CCC)CCOCCOCCOCCn1[nH]nnc1=S. The summed E-state index contributed by atoms with van der Waals surface area (Å²) >= 11 is 4.96. The number of aromatic amines is 1. The second-order valence-electron chi connectivity index (χ2n) is 5.41. The van der Waals surface area contributed by atoms with Gasteiger partial charge in [0.2, 0.25) is 4.77 Å². The van der Waals surface area contributed by atoms with E-state index in [9.17, 15) is 0 Å². The zero-order valence-corrected chi connectivity index (χ0v) is 15.7. The number of tetrazole rings is 1. The van der Waals surface area contributed by atoms with Crippen LogP contribution in [-0.4, -0.2) is 84.4 Å². The van der Waals surface area contributed by atoms with Gasteiger partial charge in [0.1, 0.15) is 0 Å². The molecule has 0 amide bonds. The molecule has 0 atom stereocenters. The second kappa shape index (κ2) is 14.5. The summed E-state index contributed by atoms with van der Waals surface area (Å²) in [5.74, 6) is 0. The van der Waals surface area contributed by atoms with Crippen molar-refractivity contribution < 1.29 is 14.2 Å². The monoisotopic (exact) mass is 361 g/mol. The minimum absolute atomic E-state index is 0.434. The lowest BCUT2D eigenvalue weighted by Gasteiger charge is -2.20. The molecule has 0 aliphatic heterocycles. The Labute approximate surface area is 149 Å². The third kappa shape index (κ3) is 10.1. The van der Waals surface area contributed by atoms with Crippen molar-refractivity contribution in [3.05, 3.63) is 4.77 Å². The van der Waals surface area contributed by atoms with Gasteiger partial charge in [-0.25, -0.2) is 4.68 Å². The molecule has 0 saturated carbocycles. The molecule has 0 aliphatic carbocycles. The Morgan fingerprint density at radius 3 is 2.04 bits per heavy atom. The van der Waals surface area contributed by atoms with E-state index in [2.05, 4.69) is 34.3 Å². The van der Waals surface area contributed by atoms with Crippen LogP contribution >= 0.6 is 12.2 Å². The first-order valence-corrected chi connectivity index (χ1v) is 9.12. The fraction of sp³-hybridized carbons (Fsp3) is 0.933. The van der Waals surface area contributed by atoms with Crippen LogP contribution in [0.1, 0.15) is 26.7 Å². The highest BCUT2D eigenvalue weighted by Crippen LogP contribution is 1.94. The molecule has 0 bridgehead atoms. The van der Waals surface area contributed by atoms with Crippen LogP contribution in [0, 0.1) is 4.77 Å². The molecule has 1 N–H and O–H groups in total. The summed E-state index contributed by atoms with van der Waals surface area (Å²) in [6, 6.07) is 0. The quantitative estimate of drug-likeness (QED) is 0.353. The van der Waals surface area contributed by atoms with Crippen molar-refractivity contribution in [1.82, 2.24) is 25.1 Å². The molecule has 0 aromatic carbocycles. The van der Waals surface area contributed by atoms with Gasteiger partial charge in [0.25, 0.3) is 0 Å². The van der Waals surface area contributed by atoms with E-state index in [0.29, 0.717) is 44.4 Å². The normalized spacial score (nSPS) is 11.5. The van der Waals surface area contributed by atoms with Crippen LogP contribution in [-0.2, 0) is 20.8 Å². The molecule has 0 radical (unpaired) electrons. The summed E-state index contributed by atoms with van der Waals surface area (Å²) in [5.41, 5.74) is 0. The van der Waals surface area contributed by atoms with E-state index in [1.807, 2.05) is 0 Å². The number of hydrogen-bond acceptors (Lipinski definition) is 7. The minimum Gasteiger partial charge on any atom is -0.378 e. The summed E-state index contributed by atoms with van der Waals surface area (Å²) in [6.45, 7) is 12.0. The minimum atomic E-state index is 0.434. The standard InChI is InChI=1S/C15H31N5O3S/c1-3-5-19(6-4-2)7-9-21-11-13-23-14-12-22-10-8-20-15(24)16-17-18-20/h3-14H2,1-2H3,(H,16,18,24). The van der Waals surface area contributed by atoms with Crippen LogP contribution in [0.3, 0.4) is 0 Å². The van der Waals surface area contributed by atoms with Crippen LogP contribution in [0.4, 0.5) is 0 Å². The van der Waals surface area contributed by atoms with Gasteiger partial charge in [0.15, 0.2) is 0 Å². The third-order valence-corrected chi connectivity index (χ3v) is 3.67. The lowest BCUT2D eigenvalue weighted by molar-refractivity contribution is 0.00894. The number of nitrogens with zero attached hydrogens (tertiary/aromatic N) is 4. The van der Waals surface area contributed by atoms with Crippen molar-refractivity contribution in [3.8, 4) is 0 Å². The smallest absolute Gasteiger partial charge is 0.238 e. The molecule has 1 rings (SSSR count). The molecular formula is C15H31N5O3S. The molecule has 0 spiro atoms. The molecule has 24 heavy (non-hydrogen) atoms. The Hall–Kier alpha value is -0.870. The van der Waals surface area contributed by atoms with E-state index in [1.54, 1.807) is 4.68 Å². The first kappa shape index (κ1) is 21.2. The van der Waals surface area contributed by atoms with Crippen LogP contribution < -0.4 is 0 Å². The van der Waals surface area contributed by atoms with Crippen molar-refractivity contribution in [2.75, 3.05) is 59.3 Å². The van der Waals surface area contributed by atoms with E-state index in [4.69, 9.17) is 26.4 Å². The summed E-state index contributed by atoms with van der Waals surface area (Å²) in [4.78, 5) is 2.44. The van der Waals surface area contributed by atoms with Gasteiger partial charge in [-0.2, -0.15) is 5.21 Å². The lowest BCUT2D eigenvalue weighted by Crippen LogP contribution is -2.29. The zero-order valence-electron chi connectivity index (χ0n) is 14.9. The summed E-state index contributed by atoms with van der Waals surface area (Å²) in [7, 11) is 0. The van der Waals surface area contributed by atoms with Gasteiger partial charge < -0.3 is 19.1 Å². The molecule has 0 aliphatic rings. The first-order valence-electron chi connectivity index (χ1n) is 8.71. The lowest BCUT2D eigenvalue weighted by atomic mass is 10.3. The largest absolute Gasteiger partial charge is 0.378 e. The maximum atomic E-state index is 5.61. The van der Waals surface area contributed by atoms with E-state index < -0.39 is 0 Å². The number of rotatable bonds is 16. The molecule has 0 unspecified atom stereocenters. The highest BCUT2D eigenvalue weighted by Gasteiger charge is 2.01. The Bertz CT molecular complexity index is 448. The van der Waals surface area contributed by atoms with Crippen molar-refractivity contribution in [2.24, 2.45) is 0 Å². The highest BCUT2D eigenvalue weighted by atomic mass is 32.1. The molecule has 9 heteroatoms. The Kier molecular flexibility index (Phi) is 12.8. The topological polar surface area (TPSA) is 77.4 Å². The molecule has 1 aromatic rings. The third-order valence-electron chi connectivity index (χ3n) is 3.37. The molecule has 140 valence electrons. The van der Waals surface area contributed by atoms with Gasteiger partial charge in [0.05, 0.1) is 46.2 Å². The molecule has 8 nitrogen and oxygen atoms in total. The van der Waals surface area contributed by atoms with Crippen LogP contribution in [0.15, 0.2) is 0 Å². The van der Waals surface area contributed by atoms with Crippen molar-refractivity contribution in [2.45, 2.75) is 33.2 Å². The fourth-order valence-electron chi connectivity index (χ4n) is 2.22. The first-order chi connectivity index (χ1) is 11.8. The highest BCUT2D eigenvalue weighted by molar-refractivity contribution is 7.71. The fourth-order valence-corrected chi connectivity index (χ4v) is 2.39. The summed E-state index contributed by atoms with van der Waals surface area (Å²) in [5, 5.41) is 9.97. The van der Waals surface area contributed by atoms with E-state index in [-0.39, 0.29) is 0 Å². The molecule has 0 saturated heterocycles. The molecule has 1 aromatic heterocycles. The number of aromatic nitrogens is 4. The molecule has 0 fully saturated rings. The number of ether oxygens (including phenoxy) is 3. The number of nitrogens with one attached hydrogen (secondary N) is 1. The predicted octanol–water partition coefficient (Wildman–Crippen LogP) is 1.51. The Balaban J connectivity index is 1.85. The second-order valence-corrected chi connectivity index (χ2v) is 5.78. The number of H-pyrrole nitrogens is 1. The van der Waals surface area contributed by atoms with E-state index in [1.165, 1.54) is 12.8 Å². The predicted molar refractivity (Wildman–Crippen MR) is 94.7 cm³/mol. The summed E-state index contributed by atoms with van der Waals surface area (Å²) < 4.78 is 18.6. The van der Waals surface area contributed by atoms with Gasteiger partial charge in [-0.1, -0.05) is 24.2 Å². The van der Waals surface area contributed by atoms with Gasteiger partial charge in [-0.15, -0.1) is 0 Å². The van der Waals surface area contributed by atoms with Gasteiger partial charge in [0, 0.05) is 6.54 Å². The van der Waals surface area contributed by atoms with Crippen molar-refractivity contribution >= 4 is 12.2 Å². The maximum Gasteiger partial charge on any atom is 0.238 e. The van der Waals surface area contributed by atoms with E-state index in [0.717, 1.165) is 26.2 Å². The Morgan fingerprint density at radius 1 is 0.917 bits per heavy atom. The Morgan fingerprint density at radius 2 is 1.50 bits per heavy atom. The summed E-state index contributed by atoms with van der Waals surface area (Å²) in [6.07, 6.45) is 2.37. The average Bonchev–Trinajstić information content (AvgIpc) is 2.98. The van der Waals surface area contributed by atoms with E-state index >= 15 is 0 Å². The van der Waals surface area contributed by atoms with Crippen molar-refractivity contribution in [3.63, 3.8) is 0 Å².